The van der Waals surface area contributed by atoms with Crippen LogP contribution in [0.5, 0.6) is 0 Å². The van der Waals surface area contributed by atoms with Gasteiger partial charge in [-0.3, -0.25) is 0 Å². The smallest absolute Gasteiger partial charge is 0.145 e. The van der Waals surface area contributed by atoms with Gasteiger partial charge in [0.1, 0.15) is 17.5 Å². The molecule has 5 nitrogen and oxygen atoms in total. The molecule has 5 heteroatoms. The van der Waals surface area contributed by atoms with Gasteiger partial charge in [0.15, 0.2) is 0 Å². The van der Waals surface area contributed by atoms with E-state index in [1.165, 1.54) is 11.1 Å². The van der Waals surface area contributed by atoms with Gasteiger partial charge in [0.25, 0.3) is 0 Å². The van der Waals surface area contributed by atoms with Gasteiger partial charge in [-0.05, 0) is 84.9 Å². The highest BCUT2D eigenvalue weighted by molar-refractivity contribution is 5.44. The van der Waals surface area contributed by atoms with Crippen molar-refractivity contribution in [1.82, 2.24) is 5.16 Å². The van der Waals surface area contributed by atoms with E-state index < -0.39 is 17.1 Å². The Hall–Kier alpha value is -1.17. The van der Waals surface area contributed by atoms with Crippen molar-refractivity contribution in [1.29, 1.82) is 0 Å². The molecule has 6 rings (SSSR count). The van der Waals surface area contributed by atoms with E-state index in [-0.39, 0.29) is 39.6 Å². The largest absolute Gasteiger partial charge is 0.396 e. The highest BCUT2D eigenvalue weighted by Gasteiger charge is 2.75. The van der Waals surface area contributed by atoms with Gasteiger partial charge in [-0.15, -0.1) is 0 Å². The molecule has 8 atom stereocenters. The van der Waals surface area contributed by atoms with Crippen LogP contribution >= 0.6 is 0 Å². The van der Waals surface area contributed by atoms with Crippen LogP contribution in [-0.4, -0.2) is 38.8 Å². The van der Waals surface area contributed by atoms with Gasteiger partial charge >= 0.3 is 0 Å². The summed E-state index contributed by atoms with van der Waals surface area (Å²) in [5, 5.41) is 39.9. The number of rotatable bonds is 1. The number of hydrogen-bond acceptors (Lipinski definition) is 5. The first-order valence-corrected chi connectivity index (χ1v) is 14.3. The second-order valence-corrected chi connectivity index (χ2v) is 15.5. The number of aliphatic hydroxyl groups is 3. The molecule has 36 heavy (non-hydrogen) atoms. The van der Waals surface area contributed by atoms with Crippen molar-refractivity contribution in [2.75, 3.05) is 6.61 Å². The van der Waals surface area contributed by atoms with Crippen molar-refractivity contribution < 1.29 is 19.8 Å². The average molecular weight is 498 g/mol. The molecule has 1 aromatic rings. The molecule has 0 unspecified atom stereocenters. The molecule has 3 fully saturated rings. The summed E-state index contributed by atoms with van der Waals surface area (Å²) in [4.78, 5) is 0. The minimum Gasteiger partial charge on any atom is -0.396 e. The van der Waals surface area contributed by atoms with Crippen LogP contribution in [0.15, 0.2) is 22.4 Å². The Kier molecular flexibility index (Phi) is 4.93. The fraction of sp³-hybridized carbons (Fsp3) is 0.839. The third-order valence-corrected chi connectivity index (χ3v) is 13.2. The summed E-state index contributed by atoms with van der Waals surface area (Å²) < 4.78 is 5.79. The Morgan fingerprint density at radius 3 is 2.36 bits per heavy atom. The fourth-order valence-electron chi connectivity index (χ4n) is 10.9. The second kappa shape index (κ2) is 7.07. The minimum atomic E-state index is -1.26. The monoisotopic (exact) mass is 497 g/mol. The average Bonchev–Trinajstić information content (AvgIpc) is 3.27. The molecular weight excluding hydrogens is 450 g/mol. The van der Waals surface area contributed by atoms with Crippen LogP contribution in [-0.2, 0) is 11.8 Å². The van der Waals surface area contributed by atoms with Gasteiger partial charge in [0, 0.05) is 23.0 Å². The predicted molar refractivity (Wildman–Crippen MR) is 139 cm³/mol. The van der Waals surface area contributed by atoms with E-state index in [1.807, 2.05) is 6.20 Å². The first-order chi connectivity index (χ1) is 16.6. The number of aliphatic hydroxyl groups excluding tert-OH is 2. The fourth-order valence-corrected chi connectivity index (χ4v) is 10.9. The molecular formula is C31H47NO4. The lowest BCUT2D eigenvalue weighted by Crippen LogP contribution is -2.75. The van der Waals surface area contributed by atoms with Gasteiger partial charge < -0.3 is 19.8 Å². The van der Waals surface area contributed by atoms with Crippen molar-refractivity contribution in [2.24, 2.45) is 38.9 Å². The summed E-state index contributed by atoms with van der Waals surface area (Å²) >= 11 is 0. The predicted octanol–water partition coefficient (Wildman–Crippen LogP) is 5.57. The Morgan fingerprint density at radius 2 is 1.67 bits per heavy atom. The molecule has 3 saturated carbocycles. The zero-order valence-corrected chi connectivity index (χ0v) is 23.4. The lowest BCUT2D eigenvalue weighted by molar-refractivity contribution is -0.292. The first-order valence-electron chi connectivity index (χ1n) is 14.3. The maximum atomic E-state index is 12.9. The summed E-state index contributed by atoms with van der Waals surface area (Å²) in [5.41, 5.74) is 0.0255. The van der Waals surface area contributed by atoms with Crippen molar-refractivity contribution >= 4 is 0 Å². The van der Waals surface area contributed by atoms with Crippen LogP contribution in [0.1, 0.15) is 105 Å². The number of hydrogen-bond donors (Lipinski definition) is 3. The Morgan fingerprint density at radius 1 is 0.972 bits per heavy atom. The first kappa shape index (κ1) is 25.1. The van der Waals surface area contributed by atoms with Crippen LogP contribution in [0.3, 0.4) is 0 Å². The van der Waals surface area contributed by atoms with Gasteiger partial charge in [-0.1, -0.05) is 65.3 Å². The van der Waals surface area contributed by atoms with Crippen molar-refractivity contribution in [3.63, 3.8) is 0 Å². The van der Waals surface area contributed by atoms with E-state index in [0.717, 1.165) is 57.1 Å². The second-order valence-electron chi connectivity index (χ2n) is 15.5. The van der Waals surface area contributed by atoms with Crippen LogP contribution in [0.2, 0.25) is 0 Å². The highest BCUT2D eigenvalue weighted by atomic mass is 16.5. The lowest BCUT2D eigenvalue weighted by Gasteiger charge is -2.73. The van der Waals surface area contributed by atoms with Crippen molar-refractivity contribution in [3.05, 3.63) is 29.2 Å². The number of allylic oxidation sites excluding steroid dienone is 1. The van der Waals surface area contributed by atoms with E-state index in [9.17, 15) is 15.3 Å². The third-order valence-electron chi connectivity index (χ3n) is 13.2. The van der Waals surface area contributed by atoms with Crippen molar-refractivity contribution in [3.8, 4) is 0 Å². The van der Waals surface area contributed by atoms with Crippen LogP contribution in [0.25, 0.3) is 0 Å². The van der Waals surface area contributed by atoms with Crippen molar-refractivity contribution in [2.45, 2.75) is 117 Å². The Bertz CT molecular complexity index is 1120. The molecule has 0 radical (unpaired) electrons. The van der Waals surface area contributed by atoms with E-state index in [2.05, 4.69) is 59.7 Å². The molecule has 1 aromatic heterocycles. The number of fused-ring (bicyclic) bond motifs is 8. The summed E-state index contributed by atoms with van der Waals surface area (Å²) in [6.07, 6.45) is 10.5. The summed E-state index contributed by atoms with van der Waals surface area (Å²) in [6.45, 7) is 16.3. The minimum absolute atomic E-state index is 0.0870. The molecule has 5 aliphatic carbocycles. The molecule has 0 spiro atoms. The summed E-state index contributed by atoms with van der Waals surface area (Å²) in [5.74, 6) is 1.27. The molecule has 3 N–H and O–H groups in total. The number of nitrogens with zero attached hydrogens (tertiary/aromatic N) is 1. The van der Waals surface area contributed by atoms with Gasteiger partial charge in [0.05, 0.1) is 6.20 Å². The quantitative estimate of drug-likeness (QED) is 0.442. The summed E-state index contributed by atoms with van der Waals surface area (Å²) in [7, 11) is 0. The van der Waals surface area contributed by atoms with Gasteiger partial charge in [0.2, 0.25) is 0 Å². The molecule has 0 aliphatic heterocycles. The zero-order valence-electron chi connectivity index (χ0n) is 23.4. The topological polar surface area (TPSA) is 86.7 Å². The molecule has 5 aliphatic rings. The standard InChI is InChI=1S/C31H47NO4/c1-25(2)10-12-30(18-33)13-11-29(7)28(6)9-8-20-26(3,4)24-19(17-32-36-24)15-27(20,5)21(28)14-23(34)31(29,35)22(30)16-25/h14,17,20,22-23,33-35H,8-13,15-16,18H2,1-7H3/t20-,22+,23+,27-,28+,29-,30+,31+/m0/s1. The van der Waals surface area contributed by atoms with E-state index >= 15 is 0 Å². The number of aromatic nitrogens is 1. The van der Waals surface area contributed by atoms with Crippen LogP contribution in [0.4, 0.5) is 0 Å². The molecule has 1 heterocycles. The van der Waals surface area contributed by atoms with E-state index in [1.54, 1.807) is 0 Å². The van der Waals surface area contributed by atoms with Gasteiger partial charge in [-0.2, -0.15) is 0 Å². The maximum Gasteiger partial charge on any atom is 0.145 e. The Balaban J connectivity index is 1.53. The SMILES string of the molecule is CC1(C)CC[C@]2(CO)CC[C@]3(C)[C@](O)([C@H](O)C=C4[C@@]5(C)Cc6cnoc6C(C)(C)[C@@H]5CC[C@]43C)[C@@H]2C1. The van der Waals surface area contributed by atoms with Crippen LogP contribution < -0.4 is 0 Å². The molecule has 200 valence electrons. The molecule has 0 aromatic carbocycles. The molecule has 0 amide bonds. The summed E-state index contributed by atoms with van der Waals surface area (Å²) in [6, 6.07) is 0. The Labute approximate surface area is 216 Å². The van der Waals surface area contributed by atoms with E-state index in [4.69, 9.17) is 4.52 Å². The normalized spacial score (nSPS) is 50.6. The van der Waals surface area contributed by atoms with Gasteiger partial charge in [-0.25, -0.2) is 0 Å². The van der Waals surface area contributed by atoms with E-state index in [0.29, 0.717) is 5.92 Å². The third kappa shape index (κ3) is 2.66. The lowest BCUT2D eigenvalue weighted by atomic mass is 9.32. The zero-order chi connectivity index (χ0) is 26.2. The van der Waals surface area contributed by atoms with Crippen LogP contribution in [0, 0.1) is 38.9 Å². The maximum absolute atomic E-state index is 12.9. The highest BCUT2D eigenvalue weighted by Crippen LogP contribution is 2.76. The molecule has 0 bridgehead atoms. The molecule has 0 saturated heterocycles.